The van der Waals surface area contributed by atoms with E-state index in [-0.39, 0.29) is 18.4 Å². The van der Waals surface area contributed by atoms with Crippen molar-refractivity contribution < 1.29 is 9.59 Å². The second-order valence-electron chi connectivity index (χ2n) is 3.43. The molecule has 0 unspecified atom stereocenters. The number of rotatable bonds is 5. The highest BCUT2D eigenvalue weighted by molar-refractivity contribution is 9.11. The van der Waals surface area contributed by atoms with E-state index in [0.717, 1.165) is 0 Å². The predicted octanol–water partition coefficient (Wildman–Crippen LogP) is 1.84. The number of carbonyl (C=O) groups excluding carboxylic acids is 2. The predicted molar refractivity (Wildman–Crippen MR) is 72.4 cm³/mol. The van der Waals surface area contributed by atoms with E-state index in [4.69, 9.17) is 0 Å². The summed E-state index contributed by atoms with van der Waals surface area (Å²) in [5.74, 6) is -0.356. The van der Waals surface area contributed by atoms with Crippen molar-refractivity contribution in [3.05, 3.63) is 33.5 Å². The average molecular weight is 317 g/mol. The van der Waals surface area contributed by atoms with E-state index in [1.807, 2.05) is 5.38 Å². The molecule has 0 saturated carbocycles. The number of nitrogens with one attached hydrogen (secondary N) is 1. The Morgan fingerprint density at radius 3 is 2.82 bits per heavy atom. The molecule has 0 saturated heterocycles. The van der Waals surface area contributed by atoms with Crippen molar-refractivity contribution in [1.29, 1.82) is 0 Å². The monoisotopic (exact) mass is 316 g/mol. The standard InChI is InChI=1S/C11H13BrN2O2S/c1-8(12)6-13-10(15)7-14(2)11(16)9-4-3-5-17-9/h3-5H,1,6-7H2,2H3,(H,13,15). The summed E-state index contributed by atoms with van der Waals surface area (Å²) in [6.07, 6.45) is 0. The topological polar surface area (TPSA) is 49.4 Å². The van der Waals surface area contributed by atoms with Crippen LogP contribution >= 0.6 is 27.3 Å². The molecule has 1 N–H and O–H groups in total. The van der Waals surface area contributed by atoms with Gasteiger partial charge in [-0.1, -0.05) is 28.6 Å². The van der Waals surface area contributed by atoms with Crippen molar-refractivity contribution >= 4 is 39.1 Å². The smallest absolute Gasteiger partial charge is 0.264 e. The molecule has 1 aromatic rings. The second-order valence-corrected chi connectivity index (χ2v) is 5.50. The summed E-state index contributed by atoms with van der Waals surface area (Å²) >= 11 is 4.50. The van der Waals surface area contributed by atoms with Crippen LogP contribution in [-0.4, -0.2) is 36.9 Å². The number of hydrogen-bond donors (Lipinski definition) is 1. The normalized spacial score (nSPS) is 9.76. The zero-order valence-electron chi connectivity index (χ0n) is 9.40. The van der Waals surface area contributed by atoms with Gasteiger partial charge in [-0.3, -0.25) is 9.59 Å². The molecular formula is C11H13BrN2O2S. The maximum Gasteiger partial charge on any atom is 0.264 e. The zero-order valence-corrected chi connectivity index (χ0v) is 11.8. The van der Waals surface area contributed by atoms with Crippen LogP contribution in [0.25, 0.3) is 0 Å². The van der Waals surface area contributed by atoms with Gasteiger partial charge in [0.15, 0.2) is 0 Å². The van der Waals surface area contributed by atoms with Gasteiger partial charge in [-0.25, -0.2) is 0 Å². The van der Waals surface area contributed by atoms with Crippen LogP contribution in [0, 0.1) is 0 Å². The third-order valence-electron chi connectivity index (χ3n) is 1.94. The SMILES string of the molecule is C=C(Br)CNC(=O)CN(C)C(=O)c1cccs1. The largest absolute Gasteiger partial charge is 0.350 e. The molecule has 0 fully saturated rings. The molecule has 0 aliphatic carbocycles. The van der Waals surface area contributed by atoms with Crippen LogP contribution in [0.3, 0.4) is 0 Å². The first-order valence-corrected chi connectivity index (χ1v) is 6.57. The first kappa shape index (κ1) is 13.9. The molecule has 1 rings (SSSR count). The quantitative estimate of drug-likeness (QED) is 0.901. The number of likely N-dealkylation sites (N-methyl/N-ethyl adjacent to an activating group) is 1. The average Bonchev–Trinajstić information content (AvgIpc) is 2.78. The van der Waals surface area contributed by atoms with E-state index in [0.29, 0.717) is 15.9 Å². The van der Waals surface area contributed by atoms with E-state index in [2.05, 4.69) is 27.8 Å². The molecule has 0 radical (unpaired) electrons. The lowest BCUT2D eigenvalue weighted by Crippen LogP contribution is -2.38. The summed E-state index contributed by atoms with van der Waals surface area (Å²) in [5, 5.41) is 4.47. The number of nitrogens with zero attached hydrogens (tertiary/aromatic N) is 1. The highest BCUT2D eigenvalue weighted by atomic mass is 79.9. The van der Waals surface area contributed by atoms with Crippen LogP contribution < -0.4 is 5.32 Å². The molecule has 4 nitrogen and oxygen atoms in total. The molecule has 2 amide bonds. The van der Waals surface area contributed by atoms with Crippen LogP contribution in [0.2, 0.25) is 0 Å². The molecule has 17 heavy (non-hydrogen) atoms. The third-order valence-corrected chi connectivity index (χ3v) is 3.08. The zero-order chi connectivity index (χ0) is 12.8. The van der Waals surface area contributed by atoms with E-state index in [9.17, 15) is 9.59 Å². The van der Waals surface area contributed by atoms with Gasteiger partial charge in [0, 0.05) is 18.1 Å². The van der Waals surface area contributed by atoms with Crippen LogP contribution in [0.4, 0.5) is 0 Å². The van der Waals surface area contributed by atoms with Crippen LogP contribution in [0.15, 0.2) is 28.6 Å². The minimum absolute atomic E-state index is 0.0387. The molecule has 0 bridgehead atoms. The van der Waals surface area contributed by atoms with Gasteiger partial charge < -0.3 is 10.2 Å². The Bertz CT molecular complexity index is 417. The summed E-state index contributed by atoms with van der Waals surface area (Å²) < 4.78 is 0.693. The maximum absolute atomic E-state index is 11.8. The first-order valence-electron chi connectivity index (χ1n) is 4.89. The molecule has 0 aliphatic rings. The van der Waals surface area contributed by atoms with Crippen LogP contribution in [-0.2, 0) is 4.79 Å². The fraction of sp³-hybridized carbons (Fsp3) is 0.273. The summed E-state index contributed by atoms with van der Waals surface area (Å²) in [6, 6.07) is 3.54. The fourth-order valence-electron chi connectivity index (χ4n) is 1.13. The van der Waals surface area contributed by atoms with E-state index in [1.54, 1.807) is 19.2 Å². The van der Waals surface area contributed by atoms with Crippen molar-refractivity contribution in [2.45, 2.75) is 0 Å². The Morgan fingerprint density at radius 1 is 1.59 bits per heavy atom. The Kier molecular flexibility index (Phi) is 5.37. The van der Waals surface area contributed by atoms with Gasteiger partial charge in [-0.15, -0.1) is 11.3 Å². The second kappa shape index (κ2) is 6.56. The van der Waals surface area contributed by atoms with Crippen molar-refractivity contribution in [1.82, 2.24) is 10.2 Å². The first-order chi connectivity index (χ1) is 8.00. The van der Waals surface area contributed by atoms with Gasteiger partial charge >= 0.3 is 0 Å². The molecule has 1 heterocycles. The molecule has 1 aromatic heterocycles. The number of carbonyl (C=O) groups is 2. The van der Waals surface area contributed by atoms with Gasteiger partial charge in [0.05, 0.1) is 11.4 Å². The summed E-state index contributed by atoms with van der Waals surface area (Å²) in [7, 11) is 1.60. The maximum atomic E-state index is 11.8. The van der Waals surface area contributed by atoms with E-state index < -0.39 is 0 Å². The summed E-state index contributed by atoms with van der Waals surface area (Å²) in [5.41, 5.74) is 0. The lowest BCUT2D eigenvalue weighted by molar-refractivity contribution is -0.121. The summed E-state index contributed by atoms with van der Waals surface area (Å²) in [4.78, 5) is 25.3. The lowest BCUT2D eigenvalue weighted by atomic mass is 10.4. The van der Waals surface area contributed by atoms with Gasteiger partial charge in [-0.05, 0) is 11.4 Å². The minimum Gasteiger partial charge on any atom is -0.350 e. The number of thiophene rings is 1. The lowest BCUT2D eigenvalue weighted by Gasteiger charge is -2.15. The highest BCUT2D eigenvalue weighted by Crippen LogP contribution is 2.10. The molecule has 0 spiro atoms. The van der Waals surface area contributed by atoms with Gasteiger partial charge in [0.2, 0.25) is 5.91 Å². The van der Waals surface area contributed by atoms with Crippen molar-refractivity contribution in [3.63, 3.8) is 0 Å². The van der Waals surface area contributed by atoms with Crippen LogP contribution in [0.1, 0.15) is 9.67 Å². The van der Waals surface area contributed by atoms with E-state index >= 15 is 0 Å². The fourth-order valence-corrected chi connectivity index (χ4v) is 1.98. The van der Waals surface area contributed by atoms with Gasteiger partial charge in [0.25, 0.3) is 5.91 Å². The van der Waals surface area contributed by atoms with Gasteiger partial charge in [-0.2, -0.15) is 0 Å². The van der Waals surface area contributed by atoms with Crippen LogP contribution in [0.5, 0.6) is 0 Å². The Hall–Kier alpha value is -1.14. The van der Waals surface area contributed by atoms with Crippen molar-refractivity contribution in [2.75, 3.05) is 20.1 Å². The van der Waals surface area contributed by atoms with E-state index in [1.165, 1.54) is 16.2 Å². The molecule has 6 heteroatoms. The molecule has 0 aromatic carbocycles. The number of hydrogen-bond acceptors (Lipinski definition) is 3. The minimum atomic E-state index is -0.210. The Balaban J connectivity index is 2.43. The van der Waals surface area contributed by atoms with Crippen molar-refractivity contribution in [2.24, 2.45) is 0 Å². The molecule has 0 aliphatic heterocycles. The molecule has 92 valence electrons. The Morgan fingerprint density at radius 2 is 2.29 bits per heavy atom. The number of halogens is 1. The summed E-state index contributed by atoms with van der Waals surface area (Å²) in [6.45, 7) is 4.00. The highest BCUT2D eigenvalue weighted by Gasteiger charge is 2.15. The van der Waals surface area contributed by atoms with Gasteiger partial charge in [0.1, 0.15) is 0 Å². The number of amides is 2. The molecular weight excluding hydrogens is 304 g/mol. The third kappa shape index (κ3) is 4.70. The molecule has 0 atom stereocenters. The Labute approximate surface area is 112 Å². The van der Waals surface area contributed by atoms with Crippen molar-refractivity contribution in [3.8, 4) is 0 Å².